The molecule has 2 rings (SSSR count). The van der Waals surface area contributed by atoms with Crippen molar-refractivity contribution in [1.29, 1.82) is 0 Å². The molecule has 0 aliphatic carbocycles. The topological polar surface area (TPSA) is 101 Å². The number of carbonyl (C=O) groups is 2. The Kier molecular flexibility index (Phi) is 10.6. The average molecular weight is 499 g/mol. The van der Waals surface area contributed by atoms with Crippen molar-refractivity contribution in [3.63, 3.8) is 0 Å². The molecule has 3 N–H and O–H groups in total. The van der Waals surface area contributed by atoms with Crippen molar-refractivity contribution < 1.29 is 23.5 Å². The molecule has 0 saturated heterocycles. The molecular weight excluding hydrogens is 463 g/mol. The number of hydrogen-bond acceptors (Lipinski definition) is 6. The van der Waals surface area contributed by atoms with E-state index in [1.165, 1.54) is 6.07 Å². The second-order valence-corrected chi connectivity index (χ2v) is 9.28. The van der Waals surface area contributed by atoms with E-state index in [-0.39, 0.29) is 28.8 Å². The van der Waals surface area contributed by atoms with Crippen molar-refractivity contribution in [2.75, 3.05) is 37.5 Å². The van der Waals surface area contributed by atoms with E-state index in [2.05, 4.69) is 27.5 Å². The van der Waals surface area contributed by atoms with Crippen LogP contribution in [0.2, 0.25) is 0 Å². The summed E-state index contributed by atoms with van der Waals surface area (Å²) in [5.41, 5.74) is 1.08. The van der Waals surface area contributed by atoms with Gasteiger partial charge in [0, 0.05) is 37.3 Å². The molecule has 2 amide bonds. The summed E-state index contributed by atoms with van der Waals surface area (Å²) in [6.07, 6.45) is 1.28. The second-order valence-electron chi connectivity index (χ2n) is 9.28. The number of methoxy groups -OCH3 is 1. The fourth-order valence-corrected chi connectivity index (χ4v) is 3.07. The van der Waals surface area contributed by atoms with E-state index in [0.29, 0.717) is 42.1 Å². The third kappa shape index (κ3) is 9.50. The zero-order chi connectivity index (χ0) is 26.7. The maximum atomic E-state index is 15.0. The molecule has 0 spiro atoms. The number of anilines is 2. The van der Waals surface area contributed by atoms with Crippen LogP contribution in [0.5, 0.6) is 5.75 Å². The smallest absolute Gasteiger partial charge is 0.233 e. The van der Waals surface area contributed by atoms with E-state index in [4.69, 9.17) is 9.47 Å². The maximum absolute atomic E-state index is 15.0. The van der Waals surface area contributed by atoms with Gasteiger partial charge in [0.1, 0.15) is 30.4 Å². The highest BCUT2D eigenvalue weighted by atomic mass is 19.1. The van der Waals surface area contributed by atoms with E-state index < -0.39 is 11.7 Å². The molecule has 0 atom stereocenters. The highest BCUT2D eigenvalue weighted by molar-refractivity contribution is 6.03. The number of ether oxygens (including phenoxy) is 2. The molecule has 0 unspecified atom stereocenters. The molecule has 2 aromatic rings. The molecule has 0 saturated carbocycles. The van der Waals surface area contributed by atoms with Gasteiger partial charge in [-0.2, -0.15) is 0 Å². The Morgan fingerprint density at radius 3 is 2.25 bits per heavy atom. The minimum atomic E-state index is -0.531. The number of halogens is 1. The van der Waals surface area contributed by atoms with Crippen molar-refractivity contribution in [2.24, 2.45) is 10.4 Å². The van der Waals surface area contributed by atoms with Crippen LogP contribution in [0.4, 0.5) is 15.8 Å². The lowest BCUT2D eigenvalue weighted by Gasteiger charge is -2.18. The third-order valence-corrected chi connectivity index (χ3v) is 4.77. The van der Waals surface area contributed by atoms with E-state index in [1.807, 2.05) is 20.8 Å². The fraction of sp³-hybridized carbons (Fsp3) is 0.370. The van der Waals surface area contributed by atoms with Crippen LogP contribution in [0.3, 0.4) is 0 Å². The molecule has 0 fully saturated rings. The SMILES string of the molecule is C=c1cc(OCCOC)cc(F)/c1=C(/N=C\C)Nc1ccc(NC(=O)CC(=O)NCC(C)(C)C)cc1. The molecule has 2 aromatic carbocycles. The van der Waals surface area contributed by atoms with Crippen LogP contribution in [0, 0.1) is 11.2 Å². The number of carbonyl (C=O) groups excluding carboxylic acids is 2. The molecule has 36 heavy (non-hydrogen) atoms. The van der Waals surface area contributed by atoms with Crippen LogP contribution in [0.1, 0.15) is 34.1 Å². The molecule has 8 nitrogen and oxygen atoms in total. The average Bonchev–Trinajstić information content (AvgIpc) is 2.78. The van der Waals surface area contributed by atoms with Crippen LogP contribution < -0.4 is 31.1 Å². The molecule has 194 valence electrons. The molecule has 9 heteroatoms. The molecule has 0 aliphatic heterocycles. The summed E-state index contributed by atoms with van der Waals surface area (Å²) in [4.78, 5) is 28.4. The van der Waals surface area contributed by atoms with Gasteiger partial charge in [-0.15, -0.1) is 0 Å². The lowest BCUT2D eigenvalue weighted by Crippen LogP contribution is -2.34. The molecule has 0 aromatic heterocycles. The van der Waals surface area contributed by atoms with Crippen LogP contribution in [0.15, 0.2) is 41.4 Å². The quantitative estimate of drug-likeness (QED) is 0.251. The van der Waals surface area contributed by atoms with E-state index in [1.54, 1.807) is 50.6 Å². The zero-order valence-electron chi connectivity index (χ0n) is 21.5. The minimum absolute atomic E-state index is 0.0654. The van der Waals surface area contributed by atoms with Crippen molar-refractivity contribution in [1.82, 2.24) is 5.32 Å². The number of nitrogens with one attached hydrogen (secondary N) is 3. The van der Waals surface area contributed by atoms with Gasteiger partial charge in [0.05, 0.1) is 11.8 Å². The Morgan fingerprint density at radius 2 is 1.69 bits per heavy atom. The molecule has 0 radical (unpaired) electrons. The summed E-state index contributed by atoms with van der Waals surface area (Å²) in [6.45, 7) is 12.8. The largest absolute Gasteiger partial charge is 0.491 e. The van der Waals surface area contributed by atoms with Crippen LogP contribution >= 0.6 is 0 Å². The second kappa shape index (κ2) is 13.4. The van der Waals surface area contributed by atoms with Crippen molar-refractivity contribution in [3.8, 4) is 5.75 Å². The number of nitrogens with zero attached hydrogens (tertiary/aromatic N) is 1. The summed E-state index contributed by atoms with van der Waals surface area (Å²) in [7, 11) is 1.56. The Hall–Kier alpha value is -3.72. The van der Waals surface area contributed by atoms with E-state index in [0.717, 1.165) is 0 Å². The Bertz CT molecular complexity index is 1190. The number of aliphatic imine (C=N–C) groups is 1. The van der Waals surface area contributed by atoms with Crippen molar-refractivity contribution >= 4 is 41.8 Å². The van der Waals surface area contributed by atoms with Gasteiger partial charge in [-0.1, -0.05) is 27.4 Å². The van der Waals surface area contributed by atoms with Gasteiger partial charge in [0.15, 0.2) is 0 Å². The first kappa shape index (κ1) is 28.5. The number of amides is 2. The highest BCUT2D eigenvalue weighted by Gasteiger charge is 2.14. The fourth-order valence-electron chi connectivity index (χ4n) is 3.07. The standard InChI is InChI=1S/C27H35FN4O4/c1-7-29-26(25-18(2)14-21(15-22(25)28)36-13-12-35-6)32-20-10-8-19(9-11-20)31-24(34)16-23(33)30-17-27(3,4)5/h7-11,14-15,32H,2,12-13,16-17H2,1,3-6H3,(H,30,33)(H,31,34)/b26-25-,29-7-. The highest BCUT2D eigenvalue weighted by Crippen LogP contribution is 2.17. The Labute approximate surface area is 211 Å². The first-order valence-corrected chi connectivity index (χ1v) is 11.6. The lowest BCUT2D eigenvalue weighted by atomic mass is 9.97. The lowest BCUT2D eigenvalue weighted by molar-refractivity contribution is -0.127. The normalized spacial score (nSPS) is 12.3. The monoisotopic (exact) mass is 498 g/mol. The number of benzene rings is 2. The summed E-state index contributed by atoms with van der Waals surface area (Å²) in [6, 6.07) is 9.69. The Morgan fingerprint density at radius 1 is 1.06 bits per heavy atom. The minimum Gasteiger partial charge on any atom is -0.491 e. The summed E-state index contributed by atoms with van der Waals surface area (Å²) in [5, 5.41) is 9.16. The molecule has 0 heterocycles. The van der Waals surface area contributed by atoms with Gasteiger partial charge in [0.2, 0.25) is 11.8 Å². The Balaban J connectivity index is 2.13. The van der Waals surface area contributed by atoms with Crippen LogP contribution in [-0.2, 0) is 14.3 Å². The van der Waals surface area contributed by atoms with Crippen molar-refractivity contribution in [3.05, 3.63) is 52.7 Å². The van der Waals surface area contributed by atoms with E-state index in [9.17, 15) is 14.0 Å². The summed E-state index contributed by atoms with van der Waals surface area (Å²) < 4.78 is 25.4. The number of hydrogen-bond donors (Lipinski definition) is 3. The third-order valence-electron chi connectivity index (χ3n) is 4.77. The first-order chi connectivity index (χ1) is 17.0. The summed E-state index contributed by atoms with van der Waals surface area (Å²) in [5.74, 6) is -0.655. The van der Waals surface area contributed by atoms with Gasteiger partial charge < -0.3 is 25.4 Å². The van der Waals surface area contributed by atoms with E-state index >= 15 is 0 Å². The predicted molar refractivity (Wildman–Crippen MR) is 142 cm³/mol. The van der Waals surface area contributed by atoms with Gasteiger partial charge in [-0.3, -0.25) is 9.59 Å². The van der Waals surface area contributed by atoms with Gasteiger partial charge in [0.25, 0.3) is 0 Å². The summed E-state index contributed by atoms with van der Waals surface area (Å²) >= 11 is 0. The zero-order valence-corrected chi connectivity index (χ0v) is 21.5. The van der Waals surface area contributed by atoms with Crippen molar-refractivity contribution in [2.45, 2.75) is 34.1 Å². The molecule has 0 aliphatic rings. The maximum Gasteiger partial charge on any atom is 0.233 e. The first-order valence-electron chi connectivity index (χ1n) is 11.6. The molecule has 0 bridgehead atoms. The predicted octanol–water partition coefficient (Wildman–Crippen LogP) is 3.02. The van der Waals surface area contributed by atoms with Crippen LogP contribution in [-0.4, -0.2) is 44.9 Å². The number of rotatable bonds is 11. The van der Waals surface area contributed by atoms with Gasteiger partial charge in [-0.05, 0) is 47.9 Å². The van der Waals surface area contributed by atoms with Gasteiger partial charge >= 0.3 is 0 Å². The molecular formula is C27H35FN4O4. The van der Waals surface area contributed by atoms with Crippen LogP contribution in [0.25, 0.3) is 12.4 Å². The van der Waals surface area contributed by atoms with Gasteiger partial charge in [-0.25, -0.2) is 9.38 Å².